The Morgan fingerprint density at radius 2 is 2.17 bits per heavy atom. The van der Waals surface area contributed by atoms with Crippen molar-refractivity contribution in [2.45, 2.75) is 18.9 Å². The molecule has 0 saturated heterocycles. The minimum absolute atomic E-state index is 0.197. The lowest BCUT2D eigenvalue weighted by atomic mass is 10.0. The number of nitrogens with two attached hydrogens (primary N) is 1. The van der Waals surface area contributed by atoms with Crippen LogP contribution in [-0.2, 0) is 12.8 Å². The largest absolute Gasteiger partial charge is 0.271 e. The third kappa shape index (κ3) is 3.80. The lowest BCUT2D eigenvalue weighted by Gasteiger charge is -2.16. The fourth-order valence-electron chi connectivity index (χ4n) is 1.81. The summed E-state index contributed by atoms with van der Waals surface area (Å²) in [5, 5.41) is 2.85. The van der Waals surface area contributed by atoms with Gasteiger partial charge in [-0.2, -0.15) is 0 Å². The molecule has 1 aromatic carbocycles. The molecular weight excluding hydrogens is 332 g/mol. The Bertz CT molecular complexity index is 502. The van der Waals surface area contributed by atoms with Crippen LogP contribution < -0.4 is 11.3 Å². The zero-order valence-electron chi connectivity index (χ0n) is 9.70. The molecule has 1 aromatic heterocycles. The molecule has 0 saturated carbocycles. The van der Waals surface area contributed by atoms with Crippen LogP contribution in [0.2, 0.25) is 5.02 Å². The molecule has 2 rings (SSSR count). The predicted molar refractivity (Wildman–Crippen MR) is 82.0 cm³/mol. The van der Waals surface area contributed by atoms with E-state index < -0.39 is 0 Å². The van der Waals surface area contributed by atoms with E-state index in [1.165, 1.54) is 4.88 Å². The molecule has 2 aromatic rings. The number of rotatable bonds is 5. The van der Waals surface area contributed by atoms with Gasteiger partial charge >= 0.3 is 0 Å². The first kappa shape index (κ1) is 14.0. The normalized spacial score (nSPS) is 12.6. The maximum Gasteiger partial charge on any atom is 0.0449 e. The lowest BCUT2D eigenvalue weighted by Crippen LogP contribution is -2.38. The van der Waals surface area contributed by atoms with Gasteiger partial charge in [0.15, 0.2) is 0 Å². The van der Waals surface area contributed by atoms with Gasteiger partial charge in [-0.15, -0.1) is 11.3 Å². The SMILES string of the molecule is NNC(Cc1cccs1)Cc1ccc(Br)cc1Cl. The molecule has 0 aliphatic carbocycles. The molecule has 0 radical (unpaired) electrons. The van der Waals surface area contributed by atoms with E-state index in [9.17, 15) is 0 Å². The summed E-state index contributed by atoms with van der Waals surface area (Å²) in [6.07, 6.45) is 1.74. The summed E-state index contributed by atoms with van der Waals surface area (Å²) < 4.78 is 0.992. The van der Waals surface area contributed by atoms with Gasteiger partial charge in [0.25, 0.3) is 0 Å². The van der Waals surface area contributed by atoms with Crippen LogP contribution in [0, 0.1) is 0 Å². The van der Waals surface area contributed by atoms with Gasteiger partial charge in [-0.1, -0.05) is 39.7 Å². The first-order valence-corrected chi connectivity index (χ1v) is 7.66. The fraction of sp³-hybridized carbons (Fsp3) is 0.231. The Hall–Kier alpha value is -0.390. The van der Waals surface area contributed by atoms with Gasteiger partial charge in [0, 0.05) is 20.4 Å². The highest BCUT2D eigenvalue weighted by atomic mass is 79.9. The molecule has 18 heavy (non-hydrogen) atoms. The molecule has 3 N–H and O–H groups in total. The molecule has 0 fully saturated rings. The summed E-state index contributed by atoms with van der Waals surface area (Å²) in [4.78, 5) is 1.33. The van der Waals surface area contributed by atoms with Crippen LogP contribution in [0.4, 0.5) is 0 Å². The average Bonchev–Trinajstić information content (AvgIpc) is 2.84. The van der Waals surface area contributed by atoms with Crippen LogP contribution in [0.1, 0.15) is 10.4 Å². The van der Waals surface area contributed by atoms with E-state index >= 15 is 0 Å². The highest BCUT2D eigenvalue weighted by molar-refractivity contribution is 9.10. The topological polar surface area (TPSA) is 38.0 Å². The van der Waals surface area contributed by atoms with Crippen LogP contribution in [-0.4, -0.2) is 6.04 Å². The number of hydrogen-bond acceptors (Lipinski definition) is 3. The molecule has 0 aliphatic rings. The van der Waals surface area contributed by atoms with Crippen molar-refractivity contribution >= 4 is 38.9 Å². The van der Waals surface area contributed by atoms with E-state index in [1.807, 2.05) is 18.2 Å². The molecule has 0 aliphatic heterocycles. The van der Waals surface area contributed by atoms with Crippen molar-refractivity contribution in [2.75, 3.05) is 0 Å². The van der Waals surface area contributed by atoms with Gasteiger partial charge in [-0.05, 0) is 42.0 Å². The fourth-order valence-corrected chi connectivity index (χ4v) is 3.35. The maximum atomic E-state index is 6.22. The second kappa shape index (κ2) is 6.68. The van der Waals surface area contributed by atoms with Crippen molar-refractivity contribution in [3.8, 4) is 0 Å². The van der Waals surface area contributed by atoms with Gasteiger partial charge < -0.3 is 0 Å². The zero-order valence-corrected chi connectivity index (χ0v) is 12.9. The van der Waals surface area contributed by atoms with Crippen molar-refractivity contribution in [3.05, 3.63) is 55.6 Å². The minimum Gasteiger partial charge on any atom is -0.271 e. The summed E-state index contributed by atoms with van der Waals surface area (Å²) in [6.45, 7) is 0. The molecule has 5 heteroatoms. The van der Waals surface area contributed by atoms with E-state index in [4.69, 9.17) is 17.4 Å². The van der Waals surface area contributed by atoms with E-state index in [-0.39, 0.29) is 6.04 Å². The molecule has 0 spiro atoms. The van der Waals surface area contributed by atoms with Gasteiger partial charge in [0.05, 0.1) is 0 Å². The molecule has 1 atom stereocenters. The predicted octanol–water partition coefficient (Wildman–Crippen LogP) is 3.78. The van der Waals surface area contributed by atoms with Crippen LogP contribution in [0.15, 0.2) is 40.2 Å². The van der Waals surface area contributed by atoms with Crippen molar-refractivity contribution in [3.63, 3.8) is 0 Å². The van der Waals surface area contributed by atoms with E-state index in [0.29, 0.717) is 0 Å². The van der Waals surface area contributed by atoms with Crippen LogP contribution >= 0.6 is 38.9 Å². The van der Waals surface area contributed by atoms with Crippen LogP contribution in [0.3, 0.4) is 0 Å². The molecule has 1 heterocycles. The molecule has 96 valence electrons. The summed E-state index contributed by atoms with van der Waals surface area (Å²) in [7, 11) is 0. The third-order valence-electron chi connectivity index (χ3n) is 2.74. The highest BCUT2D eigenvalue weighted by Crippen LogP contribution is 2.23. The third-order valence-corrected chi connectivity index (χ3v) is 4.49. The number of halogens is 2. The number of nitrogens with one attached hydrogen (secondary N) is 1. The lowest BCUT2D eigenvalue weighted by molar-refractivity contribution is 0.526. The number of hydrogen-bond donors (Lipinski definition) is 2. The van der Waals surface area contributed by atoms with Crippen molar-refractivity contribution in [1.82, 2.24) is 5.43 Å². The van der Waals surface area contributed by atoms with E-state index in [2.05, 4.69) is 38.9 Å². The second-order valence-corrected chi connectivity index (χ2v) is 6.44. The minimum atomic E-state index is 0.197. The highest BCUT2D eigenvalue weighted by Gasteiger charge is 2.11. The van der Waals surface area contributed by atoms with Gasteiger partial charge in [0.2, 0.25) is 0 Å². The summed E-state index contributed by atoms with van der Waals surface area (Å²) in [6, 6.07) is 10.3. The Balaban J connectivity index is 2.05. The number of hydrazine groups is 1. The molecular formula is C13H14BrClN2S. The quantitative estimate of drug-likeness (QED) is 0.639. The van der Waals surface area contributed by atoms with Gasteiger partial charge in [-0.3, -0.25) is 11.3 Å². The Labute approximate surface area is 124 Å². The second-order valence-electron chi connectivity index (χ2n) is 4.09. The molecule has 0 amide bonds. The smallest absolute Gasteiger partial charge is 0.0449 e. The Morgan fingerprint density at radius 1 is 1.33 bits per heavy atom. The Kier molecular flexibility index (Phi) is 5.21. The Morgan fingerprint density at radius 3 is 2.78 bits per heavy atom. The maximum absolute atomic E-state index is 6.22. The standard InChI is InChI=1S/C13H14BrClN2S/c14-10-4-3-9(13(15)7-10)6-11(17-16)8-12-2-1-5-18-12/h1-5,7,11,17H,6,8,16H2. The first-order valence-electron chi connectivity index (χ1n) is 5.61. The van der Waals surface area contributed by atoms with Crippen LogP contribution in [0.5, 0.6) is 0 Å². The summed E-state index contributed by atoms with van der Waals surface area (Å²) in [5.74, 6) is 5.62. The number of benzene rings is 1. The molecule has 1 unspecified atom stereocenters. The van der Waals surface area contributed by atoms with E-state index in [0.717, 1.165) is 27.9 Å². The van der Waals surface area contributed by atoms with Crippen LogP contribution in [0.25, 0.3) is 0 Å². The van der Waals surface area contributed by atoms with Gasteiger partial charge in [-0.25, -0.2) is 0 Å². The first-order chi connectivity index (χ1) is 8.69. The average molecular weight is 346 g/mol. The van der Waals surface area contributed by atoms with Gasteiger partial charge in [0.1, 0.15) is 0 Å². The molecule has 2 nitrogen and oxygen atoms in total. The van der Waals surface area contributed by atoms with Crippen molar-refractivity contribution in [2.24, 2.45) is 5.84 Å². The zero-order chi connectivity index (χ0) is 13.0. The summed E-state index contributed by atoms with van der Waals surface area (Å²) in [5.41, 5.74) is 3.98. The summed E-state index contributed by atoms with van der Waals surface area (Å²) >= 11 is 11.4. The number of thiophene rings is 1. The monoisotopic (exact) mass is 344 g/mol. The van der Waals surface area contributed by atoms with E-state index in [1.54, 1.807) is 11.3 Å². The van der Waals surface area contributed by atoms with Crippen molar-refractivity contribution in [1.29, 1.82) is 0 Å². The molecule has 0 bridgehead atoms. The van der Waals surface area contributed by atoms with Crippen molar-refractivity contribution < 1.29 is 0 Å².